The molecule has 0 radical (unpaired) electrons. The summed E-state index contributed by atoms with van der Waals surface area (Å²) in [5.74, 6) is 0.231. The topological polar surface area (TPSA) is 27.0 Å². The molecule has 0 heterocycles. The zero-order valence-electron chi connectivity index (χ0n) is 17.4. The van der Waals surface area contributed by atoms with Crippen LogP contribution in [0.4, 0.5) is 0 Å². The number of benzene rings is 2. The van der Waals surface area contributed by atoms with Crippen molar-refractivity contribution in [2.75, 3.05) is 7.05 Å². The minimum atomic E-state index is -0.492. The van der Waals surface area contributed by atoms with E-state index in [4.69, 9.17) is 0 Å². The highest BCUT2D eigenvalue weighted by Gasteiger charge is 2.37. The second-order valence-electron chi connectivity index (χ2n) is 8.01. The predicted octanol–water partition coefficient (Wildman–Crippen LogP) is 7.49. The number of hydrogen-bond acceptors (Lipinski definition) is 2. The summed E-state index contributed by atoms with van der Waals surface area (Å²) in [6.07, 6.45) is 1.80. The number of hydrogen-bond donors (Lipinski definition) is 0. The Morgan fingerprint density at radius 1 is 1.00 bits per heavy atom. The molecule has 0 saturated carbocycles. The third-order valence-corrected chi connectivity index (χ3v) is 8.04. The van der Waals surface area contributed by atoms with E-state index in [1.54, 1.807) is 0 Å². The van der Waals surface area contributed by atoms with Crippen LogP contribution in [-0.4, -0.2) is 18.0 Å². The highest BCUT2D eigenvalue weighted by molar-refractivity contribution is 9.13. The number of nitriles is 1. The van der Waals surface area contributed by atoms with Crippen LogP contribution in [0.2, 0.25) is 0 Å². The second kappa shape index (κ2) is 10.1. The standard InChI is InChI=1S/C24H30Br2N2/c1-17(2)24(16-27,21-11-12-22(25)23(26)15-21)14-13-18(3)28(5)19(4)20-9-7-6-8-10-20/h6-12,15,17-19H,13-14H2,1-5H3. The highest BCUT2D eigenvalue weighted by atomic mass is 79.9. The Hall–Kier alpha value is -1.15. The lowest BCUT2D eigenvalue weighted by molar-refractivity contribution is 0.175. The number of rotatable bonds is 8. The summed E-state index contributed by atoms with van der Waals surface area (Å²) in [5.41, 5.74) is 1.92. The van der Waals surface area contributed by atoms with Gasteiger partial charge in [0.05, 0.1) is 11.5 Å². The van der Waals surface area contributed by atoms with E-state index in [2.05, 4.69) is 120 Å². The maximum absolute atomic E-state index is 10.2. The monoisotopic (exact) mass is 504 g/mol. The van der Waals surface area contributed by atoms with Crippen LogP contribution in [-0.2, 0) is 5.41 Å². The maximum Gasteiger partial charge on any atom is 0.0846 e. The Balaban J connectivity index is 2.19. The van der Waals surface area contributed by atoms with Crippen molar-refractivity contribution in [2.24, 2.45) is 5.92 Å². The molecule has 0 N–H and O–H groups in total. The van der Waals surface area contributed by atoms with Gasteiger partial charge < -0.3 is 0 Å². The summed E-state index contributed by atoms with van der Waals surface area (Å²) in [7, 11) is 2.18. The maximum atomic E-state index is 10.2. The summed E-state index contributed by atoms with van der Waals surface area (Å²) in [6, 6.07) is 20.2. The van der Waals surface area contributed by atoms with Crippen LogP contribution >= 0.6 is 31.9 Å². The average molecular weight is 506 g/mol. The zero-order valence-corrected chi connectivity index (χ0v) is 20.6. The normalized spacial score (nSPS) is 15.9. The van der Waals surface area contributed by atoms with Gasteiger partial charge in [-0.2, -0.15) is 5.26 Å². The fourth-order valence-electron chi connectivity index (χ4n) is 3.78. The number of halogens is 2. The van der Waals surface area contributed by atoms with E-state index in [9.17, 15) is 5.26 Å². The first-order chi connectivity index (χ1) is 13.2. The van der Waals surface area contributed by atoms with Gasteiger partial charge in [0.15, 0.2) is 0 Å². The van der Waals surface area contributed by atoms with Gasteiger partial charge in [-0.1, -0.05) is 50.2 Å². The molecule has 4 heteroatoms. The zero-order chi connectivity index (χ0) is 20.9. The Kier molecular flexibility index (Phi) is 8.30. The van der Waals surface area contributed by atoms with Gasteiger partial charge in [-0.25, -0.2) is 0 Å². The van der Waals surface area contributed by atoms with Gasteiger partial charge in [0.25, 0.3) is 0 Å². The highest BCUT2D eigenvalue weighted by Crippen LogP contribution is 2.40. The molecular formula is C24H30Br2N2. The van der Waals surface area contributed by atoms with Gasteiger partial charge in [0, 0.05) is 21.0 Å². The molecule has 0 aliphatic carbocycles. The van der Waals surface area contributed by atoms with Crippen molar-refractivity contribution in [2.45, 2.75) is 58.0 Å². The molecule has 0 aliphatic rings. The lowest BCUT2D eigenvalue weighted by Crippen LogP contribution is -2.36. The molecule has 0 aromatic heterocycles. The van der Waals surface area contributed by atoms with E-state index in [0.29, 0.717) is 12.1 Å². The molecule has 2 rings (SSSR count). The van der Waals surface area contributed by atoms with E-state index in [0.717, 1.165) is 27.4 Å². The van der Waals surface area contributed by atoms with Crippen LogP contribution in [0.15, 0.2) is 57.5 Å². The van der Waals surface area contributed by atoms with Crippen LogP contribution in [0, 0.1) is 17.2 Å². The van der Waals surface area contributed by atoms with Gasteiger partial charge in [0.1, 0.15) is 0 Å². The summed E-state index contributed by atoms with van der Waals surface area (Å²) in [4.78, 5) is 2.41. The van der Waals surface area contributed by atoms with Crippen molar-refractivity contribution >= 4 is 31.9 Å². The van der Waals surface area contributed by atoms with Gasteiger partial charge in [-0.3, -0.25) is 4.90 Å². The molecule has 2 nitrogen and oxygen atoms in total. The molecule has 0 fully saturated rings. The number of nitrogens with zero attached hydrogens (tertiary/aromatic N) is 2. The van der Waals surface area contributed by atoms with E-state index in [1.807, 2.05) is 6.07 Å². The van der Waals surface area contributed by atoms with E-state index in [1.165, 1.54) is 5.56 Å². The van der Waals surface area contributed by atoms with Crippen molar-refractivity contribution in [1.29, 1.82) is 5.26 Å². The van der Waals surface area contributed by atoms with Crippen LogP contribution in [0.3, 0.4) is 0 Å². The van der Waals surface area contributed by atoms with Crippen LogP contribution in [0.5, 0.6) is 0 Å². The fraction of sp³-hybridized carbons (Fsp3) is 0.458. The molecule has 28 heavy (non-hydrogen) atoms. The van der Waals surface area contributed by atoms with Crippen molar-refractivity contribution in [1.82, 2.24) is 4.90 Å². The van der Waals surface area contributed by atoms with Crippen molar-refractivity contribution in [3.63, 3.8) is 0 Å². The predicted molar refractivity (Wildman–Crippen MR) is 125 cm³/mol. The SMILES string of the molecule is CC(CCC(C#N)(c1ccc(Br)c(Br)c1)C(C)C)N(C)C(C)c1ccccc1. The van der Waals surface area contributed by atoms with Gasteiger partial charge in [-0.05, 0) is 94.8 Å². The Morgan fingerprint density at radius 3 is 2.18 bits per heavy atom. The van der Waals surface area contributed by atoms with Crippen LogP contribution < -0.4 is 0 Å². The summed E-state index contributed by atoms with van der Waals surface area (Å²) >= 11 is 7.14. The molecule has 0 amide bonds. The van der Waals surface area contributed by atoms with E-state index < -0.39 is 5.41 Å². The van der Waals surface area contributed by atoms with Crippen molar-refractivity contribution < 1.29 is 0 Å². The molecule has 0 bridgehead atoms. The molecule has 2 aromatic carbocycles. The van der Waals surface area contributed by atoms with Crippen LogP contribution in [0.25, 0.3) is 0 Å². The summed E-state index contributed by atoms with van der Waals surface area (Å²) < 4.78 is 2.00. The Labute approximate surface area is 187 Å². The minimum Gasteiger partial charge on any atom is -0.297 e. The molecule has 0 saturated heterocycles. The first kappa shape index (κ1) is 23.1. The molecule has 3 atom stereocenters. The summed E-state index contributed by atoms with van der Waals surface area (Å²) in [6.45, 7) is 8.82. The minimum absolute atomic E-state index is 0.231. The first-order valence-corrected chi connectivity index (χ1v) is 11.4. The first-order valence-electron chi connectivity index (χ1n) is 9.86. The van der Waals surface area contributed by atoms with E-state index >= 15 is 0 Å². The molecular weight excluding hydrogens is 476 g/mol. The average Bonchev–Trinajstić information content (AvgIpc) is 2.70. The Morgan fingerprint density at radius 2 is 1.64 bits per heavy atom. The van der Waals surface area contributed by atoms with Gasteiger partial charge in [0.2, 0.25) is 0 Å². The smallest absolute Gasteiger partial charge is 0.0846 e. The third-order valence-electron chi connectivity index (χ3n) is 6.16. The summed E-state index contributed by atoms with van der Waals surface area (Å²) in [5, 5.41) is 10.2. The Bertz CT molecular complexity index is 813. The largest absolute Gasteiger partial charge is 0.297 e. The van der Waals surface area contributed by atoms with E-state index in [-0.39, 0.29) is 5.92 Å². The quantitative estimate of drug-likeness (QED) is 0.371. The molecule has 150 valence electrons. The second-order valence-corrected chi connectivity index (χ2v) is 9.72. The van der Waals surface area contributed by atoms with Crippen LogP contribution in [0.1, 0.15) is 57.7 Å². The van der Waals surface area contributed by atoms with Crippen molar-refractivity contribution in [3.05, 3.63) is 68.6 Å². The molecule has 2 aromatic rings. The lowest BCUT2D eigenvalue weighted by Gasteiger charge is -2.36. The van der Waals surface area contributed by atoms with Crippen molar-refractivity contribution in [3.8, 4) is 6.07 Å². The third kappa shape index (κ3) is 5.06. The van der Waals surface area contributed by atoms with Gasteiger partial charge >= 0.3 is 0 Å². The fourth-order valence-corrected chi connectivity index (χ4v) is 4.40. The molecule has 0 spiro atoms. The lowest BCUT2D eigenvalue weighted by atomic mass is 9.69. The van der Waals surface area contributed by atoms with Gasteiger partial charge in [-0.15, -0.1) is 0 Å². The molecule has 3 unspecified atom stereocenters. The molecule has 0 aliphatic heterocycles.